The molecule has 1 amide bonds. The molecular formula is C28H30N2O4. The molecule has 0 radical (unpaired) electrons. The van der Waals surface area contributed by atoms with E-state index in [1.165, 1.54) is 0 Å². The highest BCUT2D eigenvalue weighted by Crippen LogP contribution is 2.38. The summed E-state index contributed by atoms with van der Waals surface area (Å²) in [6.45, 7) is 4.93. The van der Waals surface area contributed by atoms with E-state index in [0.29, 0.717) is 24.6 Å². The Kier molecular flexibility index (Phi) is 7.60. The average Bonchev–Trinajstić information content (AvgIpc) is 2.87. The zero-order valence-corrected chi connectivity index (χ0v) is 19.6. The molecule has 0 aliphatic carbocycles. The number of benzene rings is 3. The molecule has 3 aromatic carbocycles. The van der Waals surface area contributed by atoms with E-state index in [4.69, 9.17) is 9.47 Å². The highest BCUT2D eigenvalue weighted by molar-refractivity contribution is 5.95. The Morgan fingerprint density at radius 3 is 2.44 bits per heavy atom. The number of hydrogen-bond donors (Lipinski definition) is 1. The van der Waals surface area contributed by atoms with Gasteiger partial charge >= 0.3 is 5.97 Å². The molecule has 3 aromatic rings. The SMILES string of the molecule is CCOC(=O)C[C@@H](c1ccc2c(c1)OCC(=O)N2)N(Cc1ccccc1)[C@H](C)c1ccccc1. The van der Waals surface area contributed by atoms with E-state index in [0.717, 1.165) is 16.7 Å². The summed E-state index contributed by atoms with van der Waals surface area (Å²) in [4.78, 5) is 26.8. The van der Waals surface area contributed by atoms with Crippen LogP contribution in [0, 0.1) is 0 Å². The largest absolute Gasteiger partial charge is 0.482 e. The minimum absolute atomic E-state index is 0.0207. The number of amides is 1. The summed E-state index contributed by atoms with van der Waals surface area (Å²) >= 11 is 0. The minimum atomic E-state index is -0.263. The summed E-state index contributed by atoms with van der Waals surface area (Å²) < 4.78 is 11.0. The van der Waals surface area contributed by atoms with Crippen molar-refractivity contribution in [1.82, 2.24) is 4.90 Å². The van der Waals surface area contributed by atoms with E-state index in [9.17, 15) is 9.59 Å². The van der Waals surface area contributed by atoms with Crippen LogP contribution in [0.3, 0.4) is 0 Å². The fourth-order valence-electron chi connectivity index (χ4n) is 4.34. The summed E-state index contributed by atoms with van der Waals surface area (Å²) in [7, 11) is 0. The summed E-state index contributed by atoms with van der Waals surface area (Å²) in [5.74, 6) is 0.183. The Balaban J connectivity index is 1.75. The monoisotopic (exact) mass is 458 g/mol. The molecule has 0 saturated heterocycles. The van der Waals surface area contributed by atoms with Crippen LogP contribution in [0.4, 0.5) is 5.69 Å². The van der Waals surface area contributed by atoms with Gasteiger partial charge in [0.15, 0.2) is 6.61 Å². The third-order valence-electron chi connectivity index (χ3n) is 6.08. The van der Waals surface area contributed by atoms with Gasteiger partial charge in [-0.1, -0.05) is 66.7 Å². The number of nitrogens with one attached hydrogen (secondary N) is 1. The maximum Gasteiger partial charge on any atom is 0.307 e. The summed E-state index contributed by atoms with van der Waals surface area (Å²) in [5, 5.41) is 2.84. The van der Waals surface area contributed by atoms with E-state index in [-0.39, 0.29) is 37.0 Å². The maximum absolute atomic E-state index is 12.7. The second kappa shape index (κ2) is 11.0. The third kappa shape index (κ3) is 5.64. The van der Waals surface area contributed by atoms with E-state index in [2.05, 4.69) is 41.4 Å². The van der Waals surface area contributed by atoms with Crippen LogP contribution in [0.1, 0.15) is 49.0 Å². The molecule has 4 rings (SSSR count). The predicted octanol–water partition coefficient (Wildman–Crippen LogP) is 5.28. The van der Waals surface area contributed by atoms with Gasteiger partial charge in [0, 0.05) is 18.6 Å². The van der Waals surface area contributed by atoms with Gasteiger partial charge in [-0.25, -0.2) is 0 Å². The van der Waals surface area contributed by atoms with E-state index >= 15 is 0 Å². The normalized spacial score (nSPS) is 14.5. The zero-order chi connectivity index (χ0) is 23.9. The van der Waals surface area contributed by atoms with Crippen molar-refractivity contribution < 1.29 is 19.1 Å². The molecule has 2 atom stereocenters. The minimum Gasteiger partial charge on any atom is -0.482 e. The lowest BCUT2D eigenvalue weighted by Gasteiger charge is -2.37. The molecular weight excluding hydrogens is 428 g/mol. The van der Waals surface area contributed by atoms with Gasteiger partial charge in [-0.2, -0.15) is 0 Å². The topological polar surface area (TPSA) is 67.9 Å². The number of rotatable bonds is 9. The highest BCUT2D eigenvalue weighted by Gasteiger charge is 2.30. The molecule has 6 nitrogen and oxygen atoms in total. The molecule has 0 unspecified atom stereocenters. The Morgan fingerprint density at radius 2 is 1.74 bits per heavy atom. The molecule has 1 heterocycles. The van der Waals surface area contributed by atoms with Gasteiger partial charge in [0.2, 0.25) is 0 Å². The van der Waals surface area contributed by atoms with Crippen LogP contribution < -0.4 is 10.1 Å². The number of carbonyl (C=O) groups excluding carboxylic acids is 2. The van der Waals surface area contributed by atoms with E-state index < -0.39 is 0 Å². The van der Waals surface area contributed by atoms with Crippen molar-refractivity contribution in [1.29, 1.82) is 0 Å². The first-order chi connectivity index (χ1) is 16.5. The zero-order valence-electron chi connectivity index (χ0n) is 19.6. The van der Waals surface area contributed by atoms with Gasteiger partial charge in [-0.15, -0.1) is 0 Å². The van der Waals surface area contributed by atoms with Crippen molar-refractivity contribution in [2.75, 3.05) is 18.5 Å². The molecule has 0 spiro atoms. The van der Waals surface area contributed by atoms with Crippen molar-refractivity contribution in [2.45, 2.75) is 38.9 Å². The van der Waals surface area contributed by atoms with Crippen molar-refractivity contribution in [2.24, 2.45) is 0 Å². The number of nitrogens with zero attached hydrogens (tertiary/aromatic N) is 1. The van der Waals surface area contributed by atoms with Crippen LogP contribution in [-0.2, 0) is 20.9 Å². The van der Waals surface area contributed by atoms with Gasteiger partial charge in [-0.3, -0.25) is 14.5 Å². The first-order valence-electron chi connectivity index (χ1n) is 11.6. The summed E-state index contributed by atoms with van der Waals surface area (Å²) in [6.07, 6.45) is 0.197. The quantitative estimate of drug-likeness (QED) is 0.442. The lowest BCUT2D eigenvalue weighted by molar-refractivity contribution is -0.145. The van der Waals surface area contributed by atoms with Gasteiger partial charge in [-0.05, 0) is 42.7 Å². The van der Waals surface area contributed by atoms with Crippen LogP contribution in [0.25, 0.3) is 0 Å². The maximum atomic E-state index is 12.7. The standard InChI is InChI=1S/C28H30N2O4/c1-3-33-28(32)17-25(23-14-15-24-26(16-23)34-19-27(31)29-24)30(18-21-10-6-4-7-11-21)20(2)22-12-8-5-9-13-22/h4-16,20,25H,3,17-19H2,1-2H3,(H,29,31)/t20-,25+/m1/s1. The number of carbonyl (C=O) groups is 2. The Labute approximate surface area is 200 Å². The van der Waals surface area contributed by atoms with Crippen LogP contribution >= 0.6 is 0 Å². The van der Waals surface area contributed by atoms with Gasteiger partial charge in [0.1, 0.15) is 5.75 Å². The van der Waals surface area contributed by atoms with E-state index in [1.54, 1.807) is 0 Å². The molecule has 176 valence electrons. The van der Waals surface area contributed by atoms with Crippen molar-refractivity contribution in [3.8, 4) is 5.75 Å². The number of hydrogen-bond acceptors (Lipinski definition) is 5. The Morgan fingerprint density at radius 1 is 1.03 bits per heavy atom. The lowest BCUT2D eigenvalue weighted by Crippen LogP contribution is -2.33. The molecule has 1 N–H and O–H groups in total. The number of fused-ring (bicyclic) bond motifs is 1. The molecule has 0 fully saturated rings. The van der Waals surface area contributed by atoms with Crippen molar-refractivity contribution >= 4 is 17.6 Å². The van der Waals surface area contributed by atoms with Crippen LogP contribution in [-0.4, -0.2) is 30.0 Å². The smallest absolute Gasteiger partial charge is 0.307 e. The Hall–Kier alpha value is -3.64. The lowest BCUT2D eigenvalue weighted by atomic mass is 9.96. The van der Waals surface area contributed by atoms with Crippen LogP contribution in [0.15, 0.2) is 78.9 Å². The van der Waals surface area contributed by atoms with Gasteiger partial charge in [0.05, 0.1) is 18.7 Å². The first kappa shape index (κ1) is 23.5. The molecule has 6 heteroatoms. The first-order valence-corrected chi connectivity index (χ1v) is 11.6. The van der Waals surface area contributed by atoms with Crippen molar-refractivity contribution in [3.63, 3.8) is 0 Å². The second-order valence-corrected chi connectivity index (χ2v) is 8.36. The van der Waals surface area contributed by atoms with Crippen molar-refractivity contribution in [3.05, 3.63) is 95.6 Å². The van der Waals surface area contributed by atoms with Gasteiger partial charge in [0.25, 0.3) is 5.91 Å². The van der Waals surface area contributed by atoms with Crippen LogP contribution in [0.5, 0.6) is 5.75 Å². The molecule has 1 aliphatic heterocycles. The second-order valence-electron chi connectivity index (χ2n) is 8.36. The molecule has 34 heavy (non-hydrogen) atoms. The fraction of sp³-hybridized carbons (Fsp3) is 0.286. The van der Waals surface area contributed by atoms with Gasteiger partial charge < -0.3 is 14.8 Å². The average molecular weight is 459 g/mol. The molecule has 1 aliphatic rings. The number of esters is 1. The fourth-order valence-corrected chi connectivity index (χ4v) is 4.34. The third-order valence-corrected chi connectivity index (χ3v) is 6.08. The Bertz CT molecular complexity index is 1120. The summed E-state index contributed by atoms with van der Waals surface area (Å²) in [6, 6.07) is 26.0. The molecule has 0 aromatic heterocycles. The number of ether oxygens (including phenoxy) is 2. The van der Waals surface area contributed by atoms with Crippen LogP contribution in [0.2, 0.25) is 0 Å². The van der Waals surface area contributed by atoms with E-state index in [1.807, 2.05) is 61.5 Å². The molecule has 0 bridgehead atoms. The summed E-state index contributed by atoms with van der Waals surface area (Å²) in [5.41, 5.74) is 3.89. The predicted molar refractivity (Wildman–Crippen MR) is 131 cm³/mol. The number of anilines is 1. The highest BCUT2D eigenvalue weighted by atomic mass is 16.5. The molecule has 0 saturated carbocycles.